The fourth-order valence-electron chi connectivity index (χ4n) is 1.17. The van der Waals surface area contributed by atoms with Gasteiger partial charge in [0, 0.05) is 12.4 Å². The van der Waals surface area contributed by atoms with Crippen molar-refractivity contribution < 1.29 is 9.47 Å². The number of methoxy groups -OCH3 is 1. The smallest absolute Gasteiger partial charge is 0.262 e. The van der Waals surface area contributed by atoms with Crippen molar-refractivity contribution in [3.63, 3.8) is 0 Å². The van der Waals surface area contributed by atoms with Crippen LogP contribution in [0.25, 0.3) is 0 Å². The van der Waals surface area contributed by atoms with Crippen LogP contribution < -0.4 is 15.2 Å². The van der Waals surface area contributed by atoms with Gasteiger partial charge < -0.3 is 15.2 Å². The highest BCUT2D eigenvalue weighted by Crippen LogP contribution is 2.24. The van der Waals surface area contributed by atoms with Crippen molar-refractivity contribution in [2.45, 2.75) is 0 Å². The second-order valence-electron chi connectivity index (χ2n) is 3.02. The largest absolute Gasteiger partial charge is 0.497 e. The minimum Gasteiger partial charge on any atom is -0.497 e. The van der Waals surface area contributed by atoms with Crippen LogP contribution in [0.5, 0.6) is 17.4 Å². The van der Waals surface area contributed by atoms with E-state index in [-0.39, 0.29) is 5.82 Å². The lowest BCUT2D eigenvalue weighted by molar-refractivity contribution is 0.412. The summed E-state index contributed by atoms with van der Waals surface area (Å²) in [7, 11) is 1.61. The Balaban J connectivity index is 2.18. The Kier molecular flexibility index (Phi) is 2.86. The Bertz CT molecular complexity index is 471. The molecule has 0 amide bonds. The molecule has 2 N–H and O–H groups in total. The summed E-state index contributed by atoms with van der Waals surface area (Å²) in [5, 5.41) is 0. The van der Waals surface area contributed by atoms with E-state index in [1.807, 2.05) is 0 Å². The molecule has 2 aromatic rings. The average Bonchev–Trinajstić information content (AvgIpc) is 2.33. The molecular formula is C11H11N3O2. The van der Waals surface area contributed by atoms with Crippen molar-refractivity contribution >= 4 is 5.82 Å². The Morgan fingerprint density at radius 1 is 1.00 bits per heavy atom. The lowest BCUT2D eigenvalue weighted by atomic mass is 10.3. The van der Waals surface area contributed by atoms with Crippen molar-refractivity contribution in [1.29, 1.82) is 0 Å². The number of aromatic nitrogens is 2. The molecule has 82 valence electrons. The van der Waals surface area contributed by atoms with Crippen molar-refractivity contribution in [1.82, 2.24) is 9.97 Å². The van der Waals surface area contributed by atoms with Gasteiger partial charge >= 0.3 is 0 Å². The van der Waals surface area contributed by atoms with Gasteiger partial charge in [-0.15, -0.1) is 0 Å². The van der Waals surface area contributed by atoms with E-state index in [0.29, 0.717) is 11.6 Å². The van der Waals surface area contributed by atoms with E-state index < -0.39 is 0 Å². The van der Waals surface area contributed by atoms with Gasteiger partial charge in [0.2, 0.25) is 0 Å². The average molecular weight is 217 g/mol. The van der Waals surface area contributed by atoms with Crippen LogP contribution in [0.3, 0.4) is 0 Å². The maximum atomic E-state index is 5.60. The van der Waals surface area contributed by atoms with Crippen LogP contribution in [0.4, 0.5) is 5.82 Å². The second-order valence-corrected chi connectivity index (χ2v) is 3.02. The lowest BCUT2D eigenvalue weighted by Gasteiger charge is -2.06. The van der Waals surface area contributed by atoms with Crippen molar-refractivity contribution in [3.8, 4) is 17.4 Å². The molecule has 5 heteroatoms. The molecule has 0 saturated carbocycles. The first-order valence-electron chi connectivity index (χ1n) is 4.68. The molecule has 16 heavy (non-hydrogen) atoms. The monoisotopic (exact) mass is 217 g/mol. The number of ether oxygens (including phenoxy) is 2. The van der Waals surface area contributed by atoms with Gasteiger partial charge in [0.25, 0.3) is 5.88 Å². The molecule has 0 unspecified atom stereocenters. The van der Waals surface area contributed by atoms with Crippen molar-refractivity contribution in [2.75, 3.05) is 12.8 Å². The summed E-state index contributed by atoms with van der Waals surface area (Å²) in [5.74, 6) is 1.96. The number of nitrogens with two attached hydrogens (primary N) is 1. The number of hydrogen-bond donors (Lipinski definition) is 1. The first-order chi connectivity index (χ1) is 7.79. The Morgan fingerprint density at radius 3 is 2.25 bits per heavy atom. The quantitative estimate of drug-likeness (QED) is 0.849. The fraction of sp³-hybridized carbons (Fsp3) is 0.0909. The molecule has 5 nitrogen and oxygen atoms in total. The van der Waals surface area contributed by atoms with E-state index in [2.05, 4.69) is 9.97 Å². The SMILES string of the molecule is COc1ccc(Oc2nccnc2N)cc1. The molecule has 1 aromatic heterocycles. The van der Waals surface area contributed by atoms with E-state index in [1.54, 1.807) is 31.4 Å². The van der Waals surface area contributed by atoms with E-state index in [4.69, 9.17) is 15.2 Å². The summed E-state index contributed by atoms with van der Waals surface area (Å²) >= 11 is 0. The number of nitrogen functional groups attached to an aromatic ring is 1. The standard InChI is InChI=1S/C11H11N3O2/c1-15-8-2-4-9(5-3-8)16-11-10(12)13-6-7-14-11/h2-7H,1H3,(H2,12,13). The maximum absolute atomic E-state index is 5.60. The highest BCUT2D eigenvalue weighted by Gasteiger charge is 2.03. The van der Waals surface area contributed by atoms with Gasteiger partial charge in [-0.3, -0.25) is 0 Å². The Hall–Kier alpha value is -2.30. The van der Waals surface area contributed by atoms with E-state index in [1.165, 1.54) is 12.4 Å². The van der Waals surface area contributed by atoms with Gasteiger partial charge in [0.05, 0.1) is 7.11 Å². The molecule has 0 atom stereocenters. The predicted octanol–water partition coefficient (Wildman–Crippen LogP) is 1.86. The lowest BCUT2D eigenvalue weighted by Crippen LogP contribution is -1.96. The van der Waals surface area contributed by atoms with Gasteiger partial charge in [-0.2, -0.15) is 0 Å². The van der Waals surface area contributed by atoms with Gasteiger partial charge in [-0.1, -0.05) is 0 Å². The van der Waals surface area contributed by atoms with Gasteiger partial charge in [0.1, 0.15) is 11.5 Å². The van der Waals surface area contributed by atoms with Crippen molar-refractivity contribution in [2.24, 2.45) is 0 Å². The molecule has 0 saturated heterocycles. The second kappa shape index (κ2) is 4.48. The molecule has 0 aliphatic rings. The summed E-state index contributed by atoms with van der Waals surface area (Å²) < 4.78 is 10.5. The number of hydrogen-bond acceptors (Lipinski definition) is 5. The minimum atomic E-state index is 0.262. The fourth-order valence-corrected chi connectivity index (χ4v) is 1.17. The summed E-state index contributed by atoms with van der Waals surface area (Å²) in [6, 6.07) is 7.13. The van der Waals surface area contributed by atoms with Gasteiger partial charge in [0.15, 0.2) is 5.82 Å². The summed E-state index contributed by atoms with van der Waals surface area (Å²) in [6.45, 7) is 0. The third kappa shape index (κ3) is 2.20. The van der Waals surface area contributed by atoms with Crippen LogP contribution in [0, 0.1) is 0 Å². The third-order valence-corrected chi connectivity index (χ3v) is 1.97. The van der Waals surface area contributed by atoms with Crippen LogP contribution in [0.1, 0.15) is 0 Å². The maximum Gasteiger partial charge on any atom is 0.262 e. The molecule has 2 rings (SSSR count). The van der Waals surface area contributed by atoms with Crippen LogP contribution >= 0.6 is 0 Å². The van der Waals surface area contributed by atoms with Crippen LogP contribution in [-0.4, -0.2) is 17.1 Å². The van der Waals surface area contributed by atoms with E-state index in [9.17, 15) is 0 Å². The molecule has 1 heterocycles. The molecule has 0 radical (unpaired) electrons. The summed E-state index contributed by atoms with van der Waals surface area (Å²) in [4.78, 5) is 7.85. The zero-order valence-corrected chi connectivity index (χ0v) is 8.75. The van der Waals surface area contributed by atoms with Crippen molar-refractivity contribution in [3.05, 3.63) is 36.7 Å². The van der Waals surface area contributed by atoms with E-state index in [0.717, 1.165) is 5.75 Å². The topological polar surface area (TPSA) is 70.3 Å². The molecule has 0 aliphatic heterocycles. The summed E-state index contributed by atoms with van der Waals surface area (Å²) in [5.41, 5.74) is 5.60. The molecular weight excluding hydrogens is 206 g/mol. The Labute approximate surface area is 92.9 Å². The molecule has 0 aliphatic carbocycles. The summed E-state index contributed by atoms with van der Waals surface area (Å²) in [6.07, 6.45) is 3.03. The minimum absolute atomic E-state index is 0.262. The van der Waals surface area contributed by atoms with Gasteiger partial charge in [-0.05, 0) is 24.3 Å². The predicted molar refractivity (Wildman–Crippen MR) is 59.5 cm³/mol. The highest BCUT2D eigenvalue weighted by atomic mass is 16.5. The first kappa shape index (κ1) is 10.2. The zero-order valence-electron chi connectivity index (χ0n) is 8.75. The van der Waals surface area contributed by atoms with Crippen LogP contribution in [0.2, 0.25) is 0 Å². The first-order valence-corrected chi connectivity index (χ1v) is 4.68. The number of rotatable bonds is 3. The van der Waals surface area contributed by atoms with E-state index >= 15 is 0 Å². The van der Waals surface area contributed by atoms with Crippen LogP contribution in [0.15, 0.2) is 36.7 Å². The molecule has 1 aromatic carbocycles. The third-order valence-electron chi connectivity index (χ3n) is 1.97. The number of anilines is 1. The van der Waals surface area contributed by atoms with Crippen LogP contribution in [-0.2, 0) is 0 Å². The zero-order chi connectivity index (χ0) is 11.4. The molecule has 0 fully saturated rings. The van der Waals surface area contributed by atoms with Gasteiger partial charge in [-0.25, -0.2) is 9.97 Å². The normalized spacial score (nSPS) is 9.81. The number of benzene rings is 1. The highest BCUT2D eigenvalue weighted by molar-refractivity contribution is 5.42. The molecule has 0 bridgehead atoms. The Morgan fingerprint density at radius 2 is 1.62 bits per heavy atom. The number of nitrogens with zero attached hydrogens (tertiary/aromatic N) is 2. The molecule has 0 spiro atoms.